The van der Waals surface area contributed by atoms with Crippen molar-refractivity contribution >= 4 is 46.5 Å². The Balaban J connectivity index is 1.21. The SMILES string of the molecule is O=C(Cc1ccccc1)NC(=S)Nc1ccc(Oc2ccnc3c2SC(C(=O)c2ccco2)C3)c(F)c1. The lowest BCUT2D eigenvalue weighted by Gasteiger charge is -2.13. The van der Waals surface area contributed by atoms with Crippen molar-refractivity contribution < 1.29 is 23.1 Å². The molecule has 3 heterocycles. The number of halogens is 1. The molecule has 0 bridgehead atoms. The van der Waals surface area contributed by atoms with Gasteiger partial charge in [0, 0.05) is 30.4 Å². The molecular weight excluding hydrogens is 513 g/mol. The highest BCUT2D eigenvalue weighted by molar-refractivity contribution is 8.01. The summed E-state index contributed by atoms with van der Waals surface area (Å²) in [5.41, 5.74) is 1.92. The zero-order valence-corrected chi connectivity index (χ0v) is 20.9. The van der Waals surface area contributed by atoms with Crippen LogP contribution in [0.5, 0.6) is 11.5 Å². The van der Waals surface area contributed by atoms with Crippen LogP contribution in [0.3, 0.4) is 0 Å². The van der Waals surface area contributed by atoms with E-state index in [-0.39, 0.29) is 34.7 Å². The highest BCUT2D eigenvalue weighted by atomic mass is 32.2. The molecular formula is C27H20FN3O4S2. The molecule has 2 aromatic heterocycles. The molecule has 0 saturated heterocycles. The number of hydrogen-bond acceptors (Lipinski definition) is 7. The number of thioether (sulfide) groups is 1. The Morgan fingerprint density at radius 3 is 2.70 bits per heavy atom. The van der Waals surface area contributed by atoms with Crippen molar-refractivity contribution in [2.24, 2.45) is 0 Å². The molecule has 2 N–H and O–H groups in total. The number of nitrogens with one attached hydrogen (secondary N) is 2. The molecule has 1 atom stereocenters. The summed E-state index contributed by atoms with van der Waals surface area (Å²) in [5, 5.41) is 5.06. The van der Waals surface area contributed by atoms with Gasteiger partial charge in [-0.3, -0.25) is 14.6 Å². The third kappa shape index (κ3) is 5.87. The van der Waals surface area contributed by atoms with Gasteiger partial charge in [0.1, 0.15) is 5.75 Å². The number of nitrogens with zero attached hydrogens (tertiary/aromatic N) is 1. The van der Waals surface area contributed by atoms with Crippen molar-refractivity contribution in [3.05, 3.63) is 102 Å². The van der Waals surface area contributed by atoms with Gasteiger partial charge in [-0.1, -0.05) is 30.3 Å². The largest absolute Gasteiger partial charge is 0.461 e. The Morgan fingerprint density at radius 2 is 1.95 bits per heavy atom. The number of thiocarbonyl (C=S) groups is 1. The molecule has 1 amide bonds. The number of ketones is 1. The molecule has 0 spiro atoms. The maximum Gasteiger partial charge on any atom is 0.230 e. The lowest BCUT2D eigenvalue weighted by molar-refractivity contribution is -0.119. The Kier molecular flexibility index (Phi) is 7.29. The van der Waals surface area contributed by atoms with Crippen molar-refractivity contribution in [1.29, 1.82) is 0 Å². The summed E-state index contributed by atoms with van der Waals surface area (Å²) in [6, 6.07) is 18.5. The molecule has 0 fully saturated rings. The third-order valence-corrected chi connectivity index (χ3v) is 7.05. The molecule has 10 heteroatoms. The lowest BCUT2D eigenvalue weighted by atomic mass is 10.1. The van der Waals surface area contributed by atoms with Crippen LogP contribution in [0.2, 0.25) is 0 Å². The average molecular weight is 534 g/mol. The van der Waals surface area contributed by atoms with Crippen LogP contribution in [0.4, 0.5) is 10.1 Å². The first-order valence-electron chi connectivity index (χ1n) is 11.3. The number of pyridine rings is 1. The molecule has 1 aliphatic rings. The highest BCUT2D eigenvalue weighted by Crippen LogP contribution is 2.44. The number of carbonyl (C=O) groups is 2. The van der Waals surface area contributed by atoms with Crippen LogP contribution in [0.15, 0.2) is 88.5 Å². The van der Waals surface area contributed by atoms with Gasteiger partial charge < -0.3 is 19.8 Å². The van der Waals surface area contributed by atoms with E-state index in [4.69, 9.17) is 21.4 Å². The number of furan rings is 1. The van der Waals surface area contributed by atoms with E-state index in [1.807, 2.05) is 30.3 Å². The molecule has 5 rings (SSSR count). The van der Waals surface area contributed by atoms with Gasteiger partial charge in [-0.05, 0) is 42.0 Å². The molecule has 0 aliphatic carbocycles. The monoisotopic (exact) mass is 533 g/mol. The molecule has 0 saturated carbocycles. The summed E-state index contributed by atoms with van der Waals surface area (Å²) >= 11 is 6.51. The fourth-order valence-corrected chi connectivity index (χ4v) is 5.28. The summed E-state index contributed by atoms with van der Waals surface area (Å²) in [4.78, 5) is 29.9. The van der Waals surface area contributed by atoms with Gasteiger partial charge in [-0.15, -0.1) is 11.8 Å². The number of Topliss-reactive ketones (excluding diaryl/α,β-unsaturated/α-hetero) is 1. The number of amides is 1. The normalized spacial score (nSPS) is 14.0. The molecule has 0 radical (unpaired) electrons. The molecule has 2 aromatic carbocycles. The topological polar surface area (TPSA) is 93.5 Å². The van der Waals surface area contributed by atoms with Crippen LogP contribution in [0.1, 0.15) is 21.8 Å². The van der Waals surface area contributed by atoms with E-state index in [1.54, 1.807) is 30.5 Å². The maximum absolute atomic E-state index is 14.9. The minimum Gasteiger partial charge on any atom is -0.461 e. The first-order chi connectivity index (χ1) is 18.0. The quantitative estimate of drug-likeness (QED) is 0.236. The molecule has 186 valence electrons. The summed E-state index contributed by atoms with van der Waals surface area (Å²) in [6.07, 6.45) is 3.62. The smallest absolute Gasteiger partial charge is 0.230 e. The fraction of sp³-hybridized carbons (Fsp3) is 0.111. The number of anilines is 1. The second-order valence-corrected chi connectivity index (χ2v) is 9.77. The Hall–Kier alpha value is -4.02. The van der Waals surface area contributed by atoms with Crippen molar-refractivity contribution in [1.82, 2.24) is 10.3 Å². The maximum atomic E-state index is 14.9. The Bertz CT molecular complexity index is 1460. The standard InChI is InChI=1S/C27H20FN3O4S2/c28-18-14-17(30-27(36)31-24(32)13-16-5-2-1-3-6-16)8-9-20(18)35-22-10-11-29-19-15-23(37-26(19)22)25(33)21-7-4-12-34-21/h1-12,14,23H,13,15H2,(H2,30,31,32,36). The second kappa shape index (κ2) is 10.9. The fourth-order valence-electron chi connectivity index (χ4n) is 3.80. The van der Waals surface area contributed by atoms with Gasteiger partial charge in [0.05, 0.1) is 28.5 Å². The minimum absolute atomic E-state index is 0.000562. The summed E-state index contributed by atoms with van der Waals surface area (Å²) in [7, 11) is 0. The summed E-state index contributed by atoms with van der Waals surface area (Å²) in [6.45, 7) is 0. The number of carbonyl (C=O) groups excluding carboxylic acids is 2. The van der Waals surface area contributed by atoms with E-state index >= 15 is 0 Å². The van der Waals surface area contributed by atoms with Gasteiger partial charge in [-0.25, -0.2) is 4.39 Å². The van der Waals surface area contributed by atoms with Gasteiger partial charge in [-0.2, -0.15) is 0 Å². The minimum atomic E-state index is -0.625. The van der Waals surface area contributed by atoms with Crippen molar-refractivity contribution in [3.8, 4) is 11.5 Å². The second-order valence-electron chi connectivity index (χ2n) is 8.15. The number of hydrogen-bond donors (Lipinski definition) is 2. The first kappa shape index (κ1) is 24.7. The number of aromatic nitrogens is 1. The van der Waals surface area contributed by atoms with E-state index in [0.717, 1.165) is 5.56 Å². The van der Waals surface area contributed by atoms with Gasteiger partial charge in [0.2, 0.25) is 11.7 Å². The predicted molar refractivity (Wildman–Crippen MR) is 142 cm³/mol. The van der Waals surface area contributed by atoms with Crippen molar-refractivity contribution in [2.75, 3.05) is 5.32 Å². The Morgan fingerprint density at radius 1 is 1.11 bits per heavy atom. The van der Waals surface area contributed by atoms with E-state index in [9.17, 15) is 14.0 Å². The summed E-state index contributed by atoms with van der Waals surface area (Å²) in [5.74, 6) is -0.340. The zero-order chi connectivity index (χ0) is 25.8. The molecule has 7 nitrogen and oxygen atoms in total. The van der Waals surface area contributed by atoms with E-state index in [2.05, 4.69) is 15.6 Å². The van der Waals surface area contributed by atoms with Crippen LogP contribution in [0, 0.1) is 5.82 Å². The number of benzene rings is 2. The molecule has 1 aliphatic heterocycles. The number of fused-ring (bicyclic) bond motifs is 1. The van der Waals surface area contributed by atoms with Crippen molar-refractivity contribution in [2.45, 2.75) is 23.0 Å². The number of ether oxygens (including phenoxy) is 1. The van der Waals surface area contributed by atoms with Crippen LogP contribution in [-0.4, -0.2) is 27.0 Å². The summed E-state index contributed by atoms with van der Waals surface area (Å²) < 4.78 is 26.0. The first-order valence-corrected chi connectivity index (χ1v) is 12.6. The van der Waals surface area contributed by atoms with Gasteiger partial charge in [0.15, 0.2) is 22.4 Å². The average Bonchev–Trinajstić information content (AvgIpc) is 3.57. The van der Waals surface area contributed by atoms with Crippen LogP contribution < -0.4 is 15.4 Å². The van der Waals surface area contributed by atoms with Crippen LogP contribution in [-0.2, 0) is 17.6 Å². The predicted octanol–water partition coefficient (Wildman–Crippen LogP) is 5.56. The van der Waals surface area contributed by atoms with E-state index in [1.165, 1.54) is 30.2 Å². The molecule has 1 unspecified atom stereocenters. The Labute approximate surface area is 221 Å². The van der Waals surface area contributed by atoms with Crippen LogP contribution in [0.25, 0.3) is 0 Å². The zero-order valence-electron chi connectivity index (χ0n) is 19.3. The third-order valence-electron chi connectivity index (χ3n) is 5.51. The lowest BCUT2D eigenvalue weighted by Crippen LogP contribution is -2.35. The highest BCUT2D eigenvalue weighted by Gasteiger charge is 2.33. The van der Waals surface area contributed by atoms with Gasteiger partial charge >= 0.3 is 0 Å². The van der Waals surface area contributed by atoms with Gasteiger partial charge in [0.25, 0.3) is 0 Å². The molecule has 37 heavy (non-hydrogen) atoms. The van der Waals surface area contributed by atoms with E-state index < -0.39 is 11.1 Å². The van der Waals surface area contributed by atoms with Crippen LogP contribution >= 0.6 is 24.0 Å². The van der Waals surface area contributed by atoms with Crippen molar-refractivity contribution in [3.63, 3.8) is 0 Å². The molecule has 4 aromatic rings. The number of rotatable bonds is 7. The van der Waals surface area contributed by atoms with E-state index in [0.29, 0.717) is 28.4 Å².